The van der Waals surface area contributed by atoms with E-state index in [0.29, 0.717) is 24.7 Å². The SMILES string of the molecule is CC12CCC(=O)N1C(C(=O)Nc1ccc(NC(=O)c3ccc(F)cc3)cc1C(F)(F)F)CS2. The second-order valence-corrected chi connectivity index (χ2v) is 9.48. The Morgan fingerprint density at radius 2 is 1.82 bits per heavy atom. The Labute approximate surface area is 190 Å². The van der Waals surface area contributed by atoms with Gasteiger partial charge in [-0.3, -0.25) is 14.4 Å². The number of carbonyl (C=O) groups is 3. The van der Waals surface area contributed by atoms with Crippen LogP contribution in [0.25, 0.3) is 0 Å². The molecular formula is C22H19F4N3O3S. The number of amides is 3. The van der Waals surface area contributed by atoms with Crippen LogP contribution in [0.15, 0.2) is 42.5 Å². The maximum Gasteiger partial charge on any atom is 0.418 e. The van der Waals surface area contributed by atoms with Gasteiger partial charge in [-0.15, -0.1) is 11.8 Å². The van der Waals surface area contributed by atoms with E-state index in [1.807, 2.05) is 6.92 Å². The van der Waals surface area contributed by atoms with Crippen molar-refractivity contribution in [2.45, 2.75) is 36.9 Å². The first-order valence-corrected chi connectivity index (χ1v) is 11.0. The minimum atomic E-state index is -4.82. The van der Waals surface area contributed by atoms with Crippen LogP contribution in [0.2, 0.25) is 0 Å². The maximum atomic E-state index is 13.7. The summed E-state index contributed by atoms with van der Waals surface area (Å²) in [4.78, 5) is 38.2. The summed E-state index contributed by atoms with van der Waals surface area (Å²) in [5.74, 6) is -1.87. The van der Waals surface area contributed by atoms with Gasteiger partial charge in [0.2, 0.25) is 11.8 Å². The molecule has 3 amide bonds. The summed E-state index contributed by atoms with van der Waals surface area (Å²) < 4.78 is 54.2. The van der Waals surface area contributed by atoms with Gasteiger partial charge < -0.3 is 15.5 Å². The fourth-order valence-electron chi connectivity index (χ4n) is 4.00. The van der Waals surface area contributed by atoms with Crippen LogP contribution in [0.3, 0.4) is 0 Å². The lowest BCUT2D eigenvalue weighted by molar-refractivity contribution is -0.138. The van der Waals surface area contributed by atoms with Crippen LogP contribution >= 0.6 is 11.8 Å². The minimum Gasteiger partial charge on any atom is -0.324 e. The van der Waals surface area contributed by atoms with E-state index in [1.165, 1.54) is 34.9 Å². The summed E-state index contributed by atoms with van der Waals surface area (Å²) in [5.41, 5.74) is -1.70. The molecule has 2 aromatic rings. The lowest BCUT2D eigenvalue weighted by Gasteiger charge is -2.30. The Kier molecular flexibility index (Phi) is 5.85. The van der Waals surface area contributed by atoms with E-state index < -0.39 is 46.0 Å². The molecule has 2 aliphatic heterocycles. The molecule has 2 atom stereocenters. The van der Waals surface area contributed by atoms with E-state index in [2.05, 4.69) is 10.6 Å². The number of carbonyl (C=O) groups excluding carboxylic acids is 3. The molecule has 0 radical (unpaired) electrons. The molecule has 0 aliphatic carbocycles. The molecule has 33 heavy (non-hydrogen) atoms. The highest BCUT2D eigenvalue weighted by atomic mass is 32.2. The lowest BCUT2D eigenvalue weighted by atomic mass is 10.1. The minimum absolute atomic E-state index is 0.0689. The summed E-state index contributed by atoms with van der Waals surface area (Å²) in [5, 5.41) is 4.64. The summed E-state index contributed by atoms with van der Waals surface area (Å²) in [6.07, 6.45) is -3.94. The van der Waals surface area contributed by atoms with Crippen LogP contribution in [0.5, 0.6) is 0 Å². The topological polar surface area (TPSA) is 78.5 Å². The number of anilines is 2. The molecule has 0 bridgehead atoms. The number of nitrogens with zero attached hydrogens (tertiary/aromatic N) is 1. The standard InChI is InChI=1S/C22H19F4N3O3S/c1-21-9-8-18(30)29(21)17(11-33-21)20(32)28-16-7-6-14(10-15(16)22(24,25)26)27-19(31)12-2-4-13(23)5-3-12/h2-7,10,17H,8-9,11H2,1H3,(H,27,31)(H,28,32). The van der Waals surface area contributed by atoms with E-state index >= 15 is 0 Å². The first-order chi connectivity index (χ1) is 15.5. The molecule has 2 aliphatic rings. The predicted molar refractivity (Wildman–Crippen MR) is 115 cm³/mol. The van der Waals surface area contributed by atoms with E-state index in [1.54, 1.807) is 0 Å². The molecule has 0 saturated carbocycles. The van der Waals surface area contributed by atoms with Gasteiger partial charge in [-0.1, -0.05) is 0 Å². The maximum absolute atomic E-state index is 13.7. The Bertz CT molecular complexity index is 1120. The average Bonchev–Trinajstić information content (AvgIpc) is 3.24. The van der Waals surface area contributed by atoms with Crippen molar-refractivity contribution in [2.24, 2.45) is 0 Å². The van der Waals surface area contributed by atoms with Crippen molar-refractivity contribution >= 4 is 40.9 Å². The smallest absolute Gasteiger partial charge is 0.324 e. The Morgan fingerprint density at radius 1 is 1.12 bits per heavy atom. The molecule has 11 heteroatoms. The second-order valence-electron chi connectivity index (χ2n) is 7.97. The zero-order chi connectivity index (χ0) is 24.0. The number of halogens is 4. The molecule has 0 aromatic heterocycles. The van der Waals surface area contributed by atoms with Gasteiger partial charge in [0.25, 0.3) is 5.91 Å². The first-order valence-electron chi connectivity index (χ1n) is 10.0. The third-order valence-electron chi connectivity index (χ3n) is 5.69. The van der Waals surface area contributed by atoms with Crippen molar-refractivity contribution in [1.29, 1.82) is 0 Å². The van der Waals surface area contributed by atoms with Crippen molar-refractivity contribution in [1.82, 2.24) is 4.90 Å². The quantitative estimate of drug-likeness (QED) is 0.631. The Balaban J connectivity index is 1.55. The summed E-state index contributed by atoms with van der Waals surface area (Å²) in [6.45, 7) is 1.84. The number of rotatable bonds is 4. The summed E-state index contributed by atoms with van der Waals surface area (Å²) in [6, 6.07) is 6.65. The monoisotopic (exact) mass is 481 g/mol. The first kappa shape index (κ1) is 23.1. The molecule has 2 saturated heterocycles. The van der Waals surface area contributed by atoms with Crippen LogP contribution in [0.4, 0.5) is 28.9 Å². The van der Waals surface area contributed by atoms with Crippen molar-refractivity contribution in [3.8, 4) is 0 Å². The highest BCUT2D eigenvalue weighted by Gasteiger charge is 2.53. The molecule has 2 unspecified atom stereocenters. The molecule has 2 heterocycles. The van der Waals surface area contributed by atoms with Gasteiger partial charge in [-0.2, -0.15) is 13.2 Å². The zero-order valence-corrected chi connectivity index (χ0v) is 18.1. The average molecular weight is 481 g/mol. The fraction of sp³-hybridized carbons (Fsp3) is 0.318. The molecule has 2 fully saturated rings. The Hall–Kier alpha value is -3.08. The lowest BCUT2D eigenvalue weighted by Crippen LogP contribution is -2.48. The number of hydrogen-bond donors (Lipinski definition) is 2. The van der Waals surface area contributed by atoms with Crippen LogP contribution in [-0.2, 0) is 15.8 Å². The fourth-order valence-corrected chi connectivity index (χ4v) is 5.43. The molecule has 6 nitrogen and oxygen atoms in total. The molecule has 4 rings (SSSR count). The number of alkyl halides is 3. The van der Waals surface area contributed by atoms with Gasteiger partial charge in [0, 0.05) is 23.4 Å². The van der Waals surface area contributed by atoms with Gasteiger partial charge in [-0.25, -0.2) is 4.39 Å². The van der Waals surface area contributed by atoms with Crippen LogP contribution in [0.1, 0.15) is 35.7 Å². The number of thioether (sulfide) groups is 1. The number of fused-ring (bicyclic) bond motifs is 1. The zero-order valence-electron chi connectivity index (χ0n) is 17.3. The Morgan fingerprint density at radius 3 is 2.48 bits per heavy atom. The van der Waals surface area contributed by atoms with E-state index in [-0.39, 0.29) is 17.2 Å². The van der Waals surface area contributed by atoms with Crippen LogP contribution < -0.4 is 10.6 Å². The molecular weight excluding hydrogens is 462 g/mol. The molecule has 174 valence electrons. The van der Waals surface area contributed by atoms with E-state index in [9.17, 15) is 31.9 Å². The molecule has 2 aromatic carbocycles. The predicted octanol–water partition coefficient (Wildman–Crippen LogP) is 4.49. The molecule has 2 N–H and O–H groups in total. The van der Waals surface area contributed by atoms with Crippen molar-refractivity contribution in [2.75, 3.05) is 16.4 Å². The van der Waals surface area contributed by atoms with Gasteiger partial charge >= 0.3 is 6.18 Å². The van der Waals surface area contributed by atoms with Crippen molar-refractivity contribution in [3.05, 3.63) is 59.4 Å². The van der Waals surface area contributed by atoms with Crippen LogP contribution in [-0.4, -0.2) is 39.3 Å². The summed E-state index contributed by atoms with van der Waals surface area (Å²) in [7, 11) is 0. The highest BCUT2D eigenvalue weighted by Crippen LogP contribution is 2.47. The second kappa shape index (κ2) is 8.36. The highest BCUT2D eigenvalue weighted by molar-refractivity contribution is 8.01. The number of benzene rings is 2. The third kappa shape index (κ3) is 4.54. The van der Waals surface area contributed by atoms with Crippen molar-refractivity contribution < 1.29 is 31.9 Å². The van der Waals surface area contributed by atoms with Gasteiger partial charge in [0.15, 0.2) is 0 Å². The van der Waals surface area contributed by atoms with Gasteiger partial charge in [-0.05, 0) is 55.8 Å². The summed E-state index contributed by atoms with van der Waals surface area (Å²) >= 11 is 1.43. The molecule has 0 spiro atoms. The largest absolute Gasteiger partial charge is 0.418 e. The normalized spacial score (nSPS) is 22.3. The van der Waals surface area contributed by atoms with E-state index in [4.69, 9.17) is 0 Å². The van der Waals surface area contributed by atoms with Gasteiger partial charge in [0.05, 0.1) is 16.1 Å². The third-order valence-corrected chi connectivity index (χ3v) is 7.20. The number of hydrogen-bond acceptors (Lipinski definition) is 4. The van der Waals surface area contributed by atoms with Crippen LogP contribution in [0, 0.1) is 5.82 Å². The number of nitrogens with one attached hydrogen (secondary N) is 2. The van der Waals surface area contributed by atoms with Gasteiger partial charge in [0.1, 0.15) is 11.9 Å². The van der Waals surface area contributed by atoms with E-state index in [0.717, 1.165) is 18.2 Å². The van der Waals surface area contributed by atoms with Crippen molar-refractivity contribution in [3.63, 3.8) is 0 Å².